The summed E-state index contributed by atoms with van der Waals surface area (Å²) in [6.45, 7) is 0.690. The van der Waals surface area contributed by atoms with Crippen LogP contribution in [0.5, 0.6) is 0 Å². The van der Waals surface area contributed by atoms with Crippen LogP contribution < -0.4 is 16.0 Å². The van der Waals surface area contributed by atoms with Gasteiger partial charge in [0.25, 0.3) is 0 Å². The van der Waals surface area contributed by atoms with Gasteiger partial charge in [-0.05, 0) is 49.9 Å². The Bertz CT molecular complexity index is 620. The summed E-state index contributed by atoms with van der Waals surface area (Å²) >= 11 is 5.83. The average Bonchev–Trinajstić information content (AvgIpc) is 3.22. The summed E-state index contributed by atoms with van der Waals surface area (Å²) < 4.78 is 5.84. The lowest BCUT2D eigenvalue weighted by molar-refractivity contribution is -0.116. The van der Waals surface area contributed by atoms with E-state index < -0.39 is 0 Å². The van der Waals surface area contributed by atoms with Gasteiger partial charge in [0.2, 0.25) is 5.91 Å². The molecule has 3 rings (SSSR count). The number of carbonyl (C=O) groups is 1. The predicted octanol–water partition coefficient (Wildman–Crippen LogP) is 2.54. The van der Waals surface area contributed by atoms with Crippen LogP contribution in [0.25, 0.3) is 0 Å². The van der Waals surface area contributed by atoms with Crippen LogP contribution in [0.4, 0.5) is 5.69 Å². The van der Waals surface area contributed by atoms with Crippen molar-refractivity contribution in [1.82, 2.24) is 10.6 Å². The topological polar surface area (TPSA) is 74.8 Å². The van der Waals surface area contributed by atoms with Gasteiger partial charge in [-0.25, -0.2) is 0 Å². The number of halogens is 1. The first-order chi connectivity index (χ1) is 12.1. The Labute approximate surface area is 153 Å². The monoisotopic (exact) mass is 364 g/mol. The zero-order valence-corrected chi connectivity index (χ0v) is 15.2. The van der Waals surface area contributed by atoms with Gasteiger partial charge in [0, 0.05) is 30.7 Å². The van der Waals surface area contributed by atoms with Crippen LogP contribution in [0.1, 0.15) is 32.1 Å². The molecule has 2 aliphatic rings. The molecule has 2 fully saturated rings. The second-order valence-electron chi connectivity index (χ2n) is 6.52. The summed E-state index contributed by atoms with van der Waals surface area (Å²) in [5.41, 5.74) is 0.760. The van der Waals surface area contributed by atoms with Gasteiger partial charge in [0.1, 0.15) is 0 Å². The number of ether oxygens (including phenoxy) is 1. The lowest BCUT2D eigenvalue weighted by Gasteiger charge is -2.22. The van der Waals surface area contributed by atoms with E-state index in [4.69, 9.17) is 16.3 Å². The third-order valence-corrected chi connectivity index (χ3v) is 4.90. The maximum Gasteiger partial charge on any atom is 0.224 e. The molecule has 1 amide bonds. The Morgan fingerprint density at radius 3 is 2.76 bits per heavy atom. The van der Waals surface area contributed by atoms with Crippen molar-refractivity contribution in [3.05, 3.63) is 29.3 Å². The fourth-order valence-electron chi connectivity index (χ4n) is 3.37. The Kier molecular flexibility index (Phi) is 6.15. The summed E-state index contributed by atoms with van der Waals surface area (Å²) in [6, 6.07) is 7.45. The predicted molar refractivity (Wildman–Crippen MR) is 100 cm³/mol. The van der Waals surface area contributed by atoms with Crippen LogP contribution in [0, 0.1) is 0 Å². The van der Waals surface area contributed by atoms with Crippen molar-refractivity contribution in [2.75, 3.05) is 18.9 Å². The van der Waals surface area contributed by atoms with Gasteiger partial charge in [0.05, 0.1) is 18.2 Å². The third-order valence-electron chi connectivity index (χ3n) is 4.65. The number of hydrogen-bond acceptors (Lipinski definition) is 3. The van der Waals surface area contributed by atoms with E-state index in [0.29, 0.717) is 36.2 Å². The van der Waals surface area contributed by atoms with E-state index in [-0.39, 0.29) is 5.91 Å². The fourth-order valence-corrected chi connectivity index (χ4v) is 3.50. The Morgan fingerprint density at radius 2 is 2.12 bits per heavy atom. The van der Waals surface area contributed by atoms with Crippen LogP contribution >= 0.6 is 11.6 Å². The second-order valence-corrected chi connectivity index (χ2v) is 6.95. The van der Waals surface area contributed by atoms with E-state index in [2.05, 4.69) is 20.9 Å². The van der Waals surface area contributed by atoms with Crippen molar-refractivity contribution in [3.8, 4) is 0 Å². The number of nitrogens with zero attached hydrogens (tertiary/aromatic N) is 1. The average molecular weight is 365 g/mol. The van der Waals surface area contributed by atoms with Gasteiger partial charge in [-0.3, -0.25) is 9.79 Å². The minimum absolute atomic E-state index is 0.00595. The number of amides is 1. The number of rotatable bonds is 6. The molecule has 0 spiro atoms. The Morgan fingerprint density at radius 1 is 1.32 bits per heavy atom. The summed E-state index contributed by atoms with van der Waals surface area (Å²) in [5, 5.41) is 10.2. The van der Waals surface area contributed by atoms with Crippen molar-refractivity contribution in [2.45, 2.75) is 50.4 Å². The number of benzene rings is 1. The molecule has 25 heavy (non-hydrogen) atoms. The largest absolute Gasteiger partial charge is 0.373 e. The van der Waals surface area contributed by atoms with E-state index in [1.54, 1.807) is 31.3 Å². The molecule has 3 atom stereocenters. The zero-order valence-electron chi connectivity index (χ0n) is 14.4. The molecular weight excluding hydrogens is 340 g/mol. The number of carbonyl (C=O) groups excluding carboxylic acids is 1. The molecule has 3 N–H and O–H groups in total. The second kappa shape index (κ2) is 8.54. The van der Waals surface area contributed by atoms with Crippen molar-refractivity contribution in [3.63, 3.8) is 0 Å². The van der Waals surface area contributed by atoms with Gasteiger partial charge in [-0.1, -0.05) is 11.6 Å². The highest BCUT2D eigenvalue weighted by Crippen LogP contribution is 2.34. The molecule has 136 valence electrons. The van der Waals surface area contributed by atoms with E-state index in [1.807, 2.05) is 0 Å². The number of hydrogen-bond donors (Lipinski definition) is 3. The smallest absolute Gasteiger partial charge is 0.224 e. The molecule has 0 radical (unpaired) electrons. The maximum atomic E-state index is 11.9. The van der Waals surface area contributed by atoms with Crippen molar-refractivity contribution in [2.24, 2.45) is 4.99 Å². The molecule has 7 heteroatoms. The molecule has 2 saturated heterocycles. The number of aliphatic imine (C=N–C) groups is 1. The van der Waals surface area contributed by atoms with Crippen molar-refractivity contribution < 1.29 is 9.53 Å². The lowest BCUT2D eigenvalue weighted by Crippen LogP contribution is -2.47. The lowest BCUT2D eigenvalue weighted by atomic mass is 9.96. The van der Waals surface area contributed by atoms with Gasteiger partial charge in [-0.2, -0.15) is 0 Å². The summed E-state index contributed by atoms with van der Waals surface area (Å²) in [5.74, 6) is 0.771. The first kappa shape index (κ1) is 18.0. The van der Waals surface area contributed by atoms with E-state index in [0.717, 1.165) is 30.9 Å². The highest BCUT2D eigenvalue weighted by molar-refractivity contribution is 6.30. The minimum Gasteiger partial charge on any atom is -0.373 e. The summed E-state index contributed by atoms with van der Waals surface area (Å²) in [6.07, 6.45) is 5.26. The molecule has 2 bridgehead atoms. The van der Waals surface area contributed by atoms with Gasteiger partial charge < -0.3 is 20.7 Å². The quantitative estimate of drug-likeness (QED) is 0.412. The molecule has 0 aliphatic carbocycles. The molecule has 0 saturated carbocycles. The molecule has 0 aromatic heterocycles. The summed E-state index contributed by atoms with van der Waals surface area (Å²) in [7, 11) is 1.76. The highest BCUT2D eigenvalue weighted by atomic mass is 35.5. The molecule has 6 nitrogen and oxygen atoms in total. The van der Waals surface area contributed by atoms with Gasteiger partial charge >= 0.3 is 0 Å². The van der Waals surface area contributed by atoms with Gasteiger partial charge in [0.15, 0.2) is 5.96 Å². The van der Waals surface area contributed by atoms with E-state index in [9.17, 15) is 4.79 Å². The third kappa shape index (κ3) is 5.09. The van der Waals surface area contributed by atoms with E-state index in [1.165, 1.54) is 6.42 Å². The number of fused-ring (bicyclic) bond motifs is 2. The van der Waals surface area contributed by atoms with Gasteiger partial charge in [-0.15, -0.1) is 0 Å². The standard InChI is InChI=1S/C18H25ClN4O2/c1-20-18(23-15-11-14-8-9-16(15)25-14)21-10-2-3-17(24)22-13-6-4-12(19)5-7-13/h4-7,14-16H,2-3,8-11H2,1H3,(H,22,24)(H2,20,21,23). The molecule has 2 aliphatic heterocycles. The molecule has 1 aromatic rings. The Hall–Kier alpha value is -1.79. The Balaban J connectivity index is 1.33. The van der Waals surface area contributed by atoms with Crippen LogP contribution in [0.3, 0.4) is 0 Å². The van der Waals surface area contributed by atoms with Crippen LogP contribution in [0.2, 0.25) is 5.02 Å². The fraction of sp³-hybridized carbons (Fsp3) is 0.556. The highest BCUT2D eigenvalue weighted by Gasteiger charge is 2.41. The SMILES string of the molecule is CN=C(NCCCC(=O)Nc1ccc(Cl)cc1)NC1CC2CCC1O2. The summed E-state index contributed by atoms with van der Waals surface area (Å²) in [4.78, 5) is 16.2. The van der Waals surface area contributed by atoms with Crippen LogP contribution in [0.15, 0.2) is 29.3 Å². The van der Waals surface area contributed by atoms with Crippen molar-refractivity contribution in [1.29, 1.82) is 0 Å². The number of nitrogens with one attached hydrogen (secondary N) is 3. The minimum atomic E-state index is -0.00595. The normalized spacial score (nSPS) is 25.0. The maximum absolute atomic E-state index is 11.9. The van der Waals surface area contributed by atoms with E-state index >= 15 is 0 Å². The number of anilines is 1. The number of guanidine groups is 1. The van der Waals surface area contributed by atoms with Crippen LogP contribution in [-0.2, 0) is 9.53 Å². The zero-order chi connectivity index (χ0) is 17.6. The molecule has 1 aromatic carbocycles. The molecular formula is C18H25ClN4O2. The van der Waals surface area contributed by atoms with Crippen molar-refractivity contribution >= 4 is 29.2 Å². The first-order valence-electron chi connectivity index (χ1n) is 8.82. The molecule has 2 heterocycles. The molecule has 3 unspecified atom stereocenters. The van der Waals surface area contributed by atoms with Crippen LogP contribution in [-0.4, -0.2) is 43.7 Å². The first-order valence-corrected chi connectivity index (χ1v) is 9.20.